The summed E-state index contributed by atoms with van der Waals surface area (Å²) in [6.45, 7) is 0.542. The minimum atomic E-state index is -1.18. The van der Waals surface area contributed by atoms with Gasteiger partial charge in [-0.05, 0) is 28.7 Å². The number of carboxylic acids is 1. The highest BCUT2D eigenvalue weighted by Gasteiger charge is 2.33. The van der Waals surface area contributed by atoms with E-state index in [1.54, 1.807) is 0 Å². The molecule has 1 aliphatic carbocycles. The number of hydrogen-bond acceptors (Lipinski definition) is 5. The molecular formula is C26H26N2O6. The molecule has 2 aliphatic rings. The molecule has 1 fully saturated rings. The van der Waals surface area contributed by atoms with Gasteiger partial charge in [-0.15, -0.1) is 12.3 Å². The van der Waals surface area contributed by atoms with Crippen molar-refractivity contribution < 1.29 is 29.0 Å². The minimum Gasteiger partial charge on any atom is -0.480 e. The molecule has 2 aromatic rings. The van der Waals surface area contributed by atoms with Gasteiger partial charge in [0.2, 0.25) is 5.91 Å². The van der Waals surface area contributed by atoms with E-state index in [1.165, 1.54) is 0 Å². The molecule has 0 saturated carbocycles. The Kier molecular flexibility index (Phi) is 7.14. The number of carbonyl (C=O) groups excluding carboxylic acids is 2. The van der Waals surface area contributed by atoms with Gasteiger partial charge >= 0.3 is 12.1 Å². The summed E-state index contributed by atoms with van der Waals surface area (Å²) in [6.07, 6.45) is 4.49. The van der Waals surface area contributed by atoms with Crippen molar-refractivity contribution >= 4 is 18.0 Å². The van der Waals surface area contributed by atoms with Gasteiger partial charge in [0.1, 0.15) is 12.6 Å². The van der Waals surface area contributed by atoms with Crippen LogP contribution in [-0.2, 0) is 19.1 Å². The molecule has 3 unspecified atom stereocenters. The number of nitrogens with one attached hydrogen (secondary N) is 2. The summed E-state index contributed by atoms with van der Waals surface area (Å²) in [5, 5.41) is 14.3. The second-order valence-corrected chi connectivity index (χ2v) is 8.40. The van der Waals surface area contributed by atoms with E-state index in [0.29, 0.717) is 6.42 Å². The van der Waals surface area contributed by atoms with Crippen molar-refractivity contribution in [3.05, 3.63) is 59.7 Å². The molecule has 2 amide bonds. The van der Waals surface area contributed by atoms with Crippen LogP contribution in [0.4, 0.5) is 4.79 Å². The highest BCUT2D eigenvalue weighted by Crippen LogP contribution is 2.44. The molecule has 0 aromatic heterocycles. The van der Waals surface area contributed by atoms with Crippen LogP contribution in [0.3, 0.4) is 0 Å². The van der Waals surface area contributed by atoms with Crippen molar-refractivity contribution in [3.8, 4) is 23.5 Å². The average Bonchev–Trinajstić information content (AvgIpc) is 3.44. The number of ether oxygens (including phenoxy) is 2. The van der Waals surface area contributed by atoms with Crippen LogP contribution in [0.2, 0.25) is 0 Å². The van der Waals surface area contributed by atoms with E-state index in [-0.39, 0.29) is 38.2 Å². The zero-order valence-corrected chi connectivity index (χ0v) is 18.5. The van der Waals surface area contributed by atoms with E-state index in [9.17, 15) is 14.4 Å². The van der Waals surface area contributed by atoms with Gasteiger partial charge in [0.05, 0.1) is 18.6 Å². The molecular weight excluding hydrogens is 436 g/mol. The lowest BCUT2D eigenvalue weighted by Gasteiger charge is -2.16. The van der Waals surface area contributed by atoms with Gasteiger partial charge in [-0.25, -0.2) is 9.59 Å². The zero-order valence-electron chi connectivity index (χ0n) is 18.5. The maximum absolute atomic E-state index is 12.3. The summed E-state index contributed by atoms with van der Waals surface area (Å²) < 4.78 is 11.1. The SMILES string of the molecule is C#CCC(NC(=O)C1COC(CNC(=O)OCC2c3ccccc3-c3ccccc32)C1)C(=O)O. The standard InChI is InChI=1S/C26H26N2O6/c1-2-7-23(25(30)31)28-24(29)16-12-17(33-14-16)13-27-26(32)34-15-22-20-10-5-3-8-18(20)19-9-4-6-11-21(19)22/h1,3-6,8-11,16-17,22-23H,7,12-15H2,(H,27,32)(H,28,29)(H,30,31). The summed E-state index contributed by atoms with van der Waals surface area (Å²) in [4.78, 5) is 35.8. The summed E-state index contributed by atoms with van der Waals surface area (Å²) in [5.41, 5.74) is 4.58. The number of terminal acetylenes is 1. The zero-order chi connectivity index (χ0) is 24.1. The third-order valence-electron chi connectivity index (χ3n) is 6.21. The van der Waals surface area contributed by atoms with E-state index in [2.05, 4.69) is 40.8 Å². The Morgan fingerprint density at radius 1 is 1.12 bits per heavy atom. The fourth-order valence-corrected chi connectivity index (χ4v) is 4.48. The molecule has 8 heteroatoms. The van der Waals surface area contributed by atoms with Gasteiger partial charge in [0.25, 0.3) is 0 Å². The molecule has 0 bridgehead atoms. The molecule has 0 spiro atoms. The number of carbonyl (C=O) groups is 3. The fraction of sp³-hybridized carbons (Fsp3) is 0.346. The van der Waals surface area contributed by atoms with Crippen molar-refractivity contribution in [1.29, 1.82) is 0 Å². The van der Waals surface area contributed by atoms with Crippen LogP contribution in [0.25, 0.3) is 11.1 Å². The summed E-state index contributed by atoms with van der Waals surface area (Å²) >= 11 is 0. The Labute approximate surface area is 197 Å². The van der Waals surface area contributed by atoms with Gasteiger partial charge in [-0.2, -0.15) is 0 Å². The second kappa shape index (κ2) is 10.4. The highest BCUT2D eigenvalue weighted by atomic mass is 16.5. The van der Waals surface area contributed by atoms with Crippen molar-refractivity contribution in [2.24, 2.45) is 5.92 Å². The maximum atomic E-state index is 12.3. The van der Waals surface area contributed by atoms with Gasteiger partial charge in [-0.1, -0.05) is 48.5 Å². The van der Waals surface area contributed by atoms with Crippen molar-refractivity contribution in [2.45, 2.75) is 30.9 Å². The highest BCUT2D eigenvalue weighted by molar-refractivity contribution is 5.85. The molecule has 1 aliphatic heterocycles. The molecule has 1 heterocycles. The van der Waals surface area contributed by atoms with E-state index in [4.69, 9.17) is 21.0 Å². The number of alkyl carbamates (subject to hydrolysis) is 1. The first-order valence-electron chi connectivity index (χ1n) is 11.1. The Morgan fingerprint density at radius 3 is 2.38 bits per heavy atom. The van der Waals surface area contributed by atoms with Crippen LogP contribution < -0.4 is 10.6 Å². The fourth-order valence-electron chi connectivity index (χ4n) is 4.48. The first kappa shape index (κ1) is 23.3. The summed E-state index contributed by atoms with van der Waals surface area (Å²) in [6, 6.07) is 15.1. The van der Waals surface area contributed by atoms with Gasteiger partial charge in [0, 0.05) is 18.9 Å². The quantitative estimate of drug-likeness (QED) is 0.520. The lowest BCUT2D eigenvalue weighted by Crippen LogP contribution is -2.43. The van der Waals surface area contributed by atoms with E-state index in [0.717, 1.165) is 22.3 Å². The van der Waals surface area contributed by atoms with Gasteiger partial charge < -0.3 is 25.2 Å². The normalized spacial score (nSPS) is 19.4. The largest absolute Gasteiger partial charge is 0.480 e. The lowest BCUT2D eigenvalue weighted by molar-refractivity contribution is -0.142. The van der Waals surface area contributed by atoms with Crippen LogP contribution in [0.1, 0.15) is 29.9 Å². The topological polar surface area (TPSA) is 114 Å². The molecule has 0 radical (unpaired) electrons. The minimum absolute atomic E-state index is 0.0286. The van der Waals surface area contributed by atoms with Crippen LogP contribution >= 0.6 is 0 Å². The van der Waals surface area contributed by atoms with Crippen LogP contribution in [0.15, 0.2) is 48.5 Å². The Morgan fingerprint density at radius 2 is 1.76 bits per heavy atom. The number of fused-ring (bicyclic) bond motifs is 3. The first-order chi connectivity index (χ1) is 16.5. The number of rotatable bonds is 8. The van der Waals surface area contributed by atoms with Gasteiger partial charge in [0.15, 0.2) is 0 Å². The number of aliphatic carboxylic acids is 1. The number of amides is 2. The van der Waals surface area contributed by atoms with E-state index < -0.39 is 29.9 Å². The van der Waals surface area contributed by atoms with Crippen molar-refractivity contribution in [3.63, 3.8) is 0 Å². The predicted molar refractivity (Wildman–Crippen MR) is 124 cm³/mol. The molecule has 8 nitrogen and oxygen atoms in total. The number of benzene rings is 2. The van der Waals surface area contributed by atoms with Crippen LogP contribution in [0.5, 0.6) is 0 Å². The molecule has 2 aromatic carbocycles. The molecule has 3 N–H and O–H groups in total. The third kappa shape index (κ3) is 5.05. The van der Waals surface area contributed by atoms with E-state index in [1.807, 2.05) is 24.3 Å². The Balaban J connectivity index is 1.24. The Bertz CT molecular complexity index is 1080. The van der Waals surface area contributed by atoms with Gasteiger partial charge in [-0.3, -0.25) is 4.79 Å². The third-order valence-corrected chi connectivity index (χ3v) is 6.21. The molecule has 3 atom stereocenters. The summed E-state index contributed by atoms with van der Waals surface area (Å²) in [7, 11) is 0. The number of carboxylic acid groups (broad SMARTS) is 1. The van der Waals surface area contributed by atoms with Crippen LogP contribution in [-0.4, -0.2) is 55.0 Å². The Hall–Kier alpha value is -3.83. The second-order valence-electron chi connectivity index (χ2n) is 8.40. The maximum Gasteiger partial charge on any atom is 0.407 e. The lowest BCUT2D eigenvalue weighted by atomic mass is 9.98. The molecule has 176 valence electrons. The molecule has 34 heavy (non-hydrogen) atoms. The average molecular weight is 463 g/mol. The number of hydrogen-bond donors (Lipinski definition) is 3. The predicted octanol–water partition coefficient (Wildman–Crippen LogP) is 2.52. The first-order valence-corrected chi connectivity index (χ1v) is 11.1. The van der Waals surface area contributed by atoms with Crippen molar-refractivity contribution in [1.82, 2.24) is 10.6 Å². The molecule has 4 rings (SSSR count). The van der Waals surface area contributed by atoms with Crippen molar-refractivity contribution in [2.75, 3.05) is 19.8 Å². The van der Waals surface area contributed by atoms with E-state index >= 15 is 0 Å². The van der Waals surface area contributed by atoms with Crippen LogP contribution in [0, 0.1) is 18.3 Å². The monoisotopic (exact) mass is 462 g/mol. The smallest absolute Gasteiger partial charge is 0.407 e. The molecule has 1 saturated heterocycles. The summed E-state index contributed by atoms with van der Waals surface area (Å²) in [5.74, 6) is 0.101.